The SMILES string of the molecule is C(=N\c1cccc(/N=C/c2ccco2)n1)/c1ccco1. The Balaban J connectivity index is 1.76. The van der Waals surface area contributed by atoms with E-state index in [1.54, 1.807) is 49.2 Å². The van der Waals surface area contributed by atoms with Crippen LogP contribution in [0.4, 0.5) is 11.6 Å². The summed E-state index contributed by atoms with van der Waals surface area (Å²) in [5.41, 5.74) is 0. The van der Waals surface area contributed by atoms with Gasteiger partial charge in [-0.05, 0) is 36.4 Å². The van der Waals surface area contributed by atoms with Crippen molar-refractivity contribution < 1.29 is 8.83 Å². The smallest absolute Gasteiger partial charge is 0.154 e. The second-order valence-corrected chi connectivity index (χ2v) is 3.90. The Bertz CT molecular complexity index is 654. The fourth-order valence-corrected chi connectivity index (χ4v) is 1.54. The van der Waals surface area contributed by atoms with Crippen LogP contribution in [-0.4, -0.2) is 17.4 Å². The van der Waals surface area contributed by atoms with Crippen molar-refractivity contribution in [2.45, 2.75) is 0 Å². The maximum atomic E-state index is 5.16. The van der Waals surface area contributed by atoms with Gasteiger partial charge in [0.15, 0.2) is 11.6 Å². The first kappa shape index (κ1) is 12.1. The second kappa shape index (κ2) is 5.79. The summed E-state index contributed by atoms with van der Waals surface area (Å²) in [6.45, 7) is 0. The fraction of sp³-hybridized carbons (Fsp3) is 0. The van der Waals surface area contributed by atoms with Gasteiger partial charge in [-0.1, -0.05) is 6.07 Å². The molecule has 0 bridgehead atoms. The molecule has 0 aliphatic heterocycles. The molecule has 0 aromatic carbocycles. The highest BCUT2D eigenvalue weighted by Gasteiger charge is 1.95. The number of aliphatic imine (C=N–C) groups is 2. The van der Waals surface area contributed by atoms with Crippen LogP contribution in [0.1, 0.15) is 11.5 Å². The minimum absolute atomic E-state index is 0.565. The largest absolute Gasteiger partial charge is 0.463 e. The zero-order valence-electron chi connectivity index (χ0n) is 10.5. The van der Waals surface area contributed by atoms with Crippen molar-refractivity contribution >= 4 is 24.1 Å². The Hall–Kier alpha value is -2.95. The highest BCUT2D eigenvalue weighted by Crippen LogP contribution is 2.15. The molecule has 0 unspecified atom stereocenters. The molecule has 0 atom stereocenters. The van der Waals surface area contributed by atoms with E-state index < -0.39 is 0 Å². The third-order valence-electron chi connectivity index (χ3n) is 2.45. The molecule has 0 aliphatic rings. The molecular weight excluding hydrogens is 254 g/mol. The standard InChI is InChI=1S/C15H11N3O2/c1-6-14(16-10-12-4-2-8-19-12)18-15(7-1)17-11-13-5-3-9-20-13/h1-11H/b16-10+,17-11+. The molecule has 98 valence electrons. The molecule has 0 radical (unpaired) electrons. The monoisotopic (exact) mass is 265 g/mol. The Labute approximate surface area is 115 Å². The van der Waals surface area contributed by atoms with Gasteiger partial charge in [-0.3, -0.25) is 0 Å². The molecule has 3 heterocycles. The topological polar surface area (TPSA) is 63.9 Å². The van der Waals surface area contributed by atoms with Gasteiger partial charge in [0, 0.05) is 0 Å². The quantitative estimate of drug-likeness (QED) is 0.674. The van der Waals surface area contributed by atoms with Crippen molar-refractivity contribution in [2.24, 2.45) is 9.98 Å². The first-order chi connectivity index (χ1) is 9.90. The lowest BCUT2D eigenvalue weighted by Crippen LogP contribution is -1.79. The number of rotatable bonds is 4. The summed E-state index contributed by atoms with van der Waals surface area (Å²) in [5.74, 6) is 2.48. The summed E-state index contributed by atoms with van der Waals surface area (Å²) >= 11 is 0. The Morgan fingerprint density at radius 3 is 1.75 bits per heavy atom. The second-order valence-electron chi connectivity index (χ2n) is 3.90. The molecule has 20 heavy (non-hydrogen) atoms. The Morgan fingerprint density at radius 2 is 1.30 bits per heavy atom. The summed E-state index contributed by atoms with van der Waals surface area (Å²) in [5, 5.41) is 0. The van der Waals surface area contributed by atoms with Gasteiger partial charge in [0.1, 0.15) is 11.5 Å². The lowest BCUT2D eigenvalue weighted by molar-refractivity contribution is 0.560. The minimum Gasteiger partial charge on any atom is -0.463 e. The van der Waals surface area contributed by atoms with Crippen molar-refractivity contribution in [3.05, 3.63) is 66.5 Å². The Kier molecular flexibility index (Phi) is 3.51. The third kappa shape index (κ3) is 3.08. The lowest BCUT2D eigenvalue weighted by Gasteiger charge is -1.94. The number of furan rings is 2. The summed E-state index contributed by atoms with van der Waals surface area (Å²) in [4.78, 5) is 12.7. The van der Waals surface area contributed by atoms with Crippen LogP contribution < -0.4 is 0 Å². The van der Waals surface area contributed by atoms with E-state index in [4.69, 9.17) is 8.83 Å². The maximum absolute atomic E-state index is 5.16. The zero-order chi connectivity index (χ0) is 13.6. The van der Waals surface area contributed by atoms with Crippen LogP contribution in [0.2, 0.25) is 0 Å². The van der Waals surface area contributed by atoms with Gasteiger partial charge in [-0.2, -0.15) is 0 Å². The van der Waals surface area contributed by atoms with Crippen LogP contribution in [-0.2, 0) is 0 Å². The molecular formula is C15H11N3O2. The summed E-state index contributed by atoms with van der Waals surface area (Å²) in [7, 11) is 0. The van der Waals surface area contributed by atoms with Crippen LogP contribution in [0.3, 0.4) is 0 Å². The highest BCUT2D eigenvalue weighted by molar-refractivity contribution is 5.79. The van der Waals surface area contributed by atoms with Crippen molar-refractivity contribution in [3.8, 4) is 0 Å². The third-order valence-corrected chi connectivity index (χ3v) is 2.45. The fourth-order valence-electron chi connectivity index (χ4n) is 1.54. The molecule has 0 fully saturated rings. The predicted octanol–water partition coefficient (Wildman–Crippen LogP) is 3.77. The molecule has 0 amide bonds. The first-order valence-corrected chi connectivity index (χ1v) is 6.02. The van der Waals surface area contributed by atoms with E-state index in [0.29, 0.717) is 23.2 Å². The van der Waals surface area contributed by atoms with E-state index in [2.05, 4.69) is 15.0 Å². The van der Waals surface area contributed by atoms with Crippen LogP contribution in [0.25, 0.3) is 0 Å². The van der Waals surface area contributed by atoms with E-state index >= 15 is 0 Å². The normalized spacial score (nSPS) is 11.6. The summed E-state index contributed by atoms with van der Waals surface area (Å²) in [6, 6.07) is 12.7. The van der Waals surface area contributed by atoms with Gasteiger partial charge in [-0.15, -0.1) is 0 Å². The molecule has 0 spiro atoms. The minimum atomic E-state index is 0.565. The van der Waals surface area contributed by atoms with Gasteiger partial charge >= 0.3 is 0 Å². The molecule has 0 saturated heterocycles. The molecule has 0 saturated carbocycles. The maximum Gasteiger partial charge on any atom is 0.154 e. The van der Waals surface area contributed by atoms with Crippen LogP contribution in [0, 0.1) is 0 Å². The number of pyridine rings is 1. The van der Waals surface area contributed by atoms with E-state index in [0.717, 1.165) is 0 Å². The molecule has 3 rings (SSSR count). The van der Waals surface area contributed by atoms with Gasteiger partial charge < -0.3 is 8.83 Å². The first-order valence-electron chi connectivity index (χ1n) is 6.02. The van der Waals surface area contributed by atoms with E-state index in [9.17, 15) is 0 Å². The number of hydrogen-bond acceptors (Lipinski definition) is 5. The average Bonchev–Trinajstić information content (AvgIpc) is 3.17. The van der Waals surface area contributed by atoms with Gasteiger partial charge in [0.2, 0.25) is 0 Å². The molecule has 3 aromatic heterocycles. The van der Waals surface area contributed by atoms with Gasteiger partial charge in [0.05, 0.1) is 25.0 Å². The number of aromatic nitrogens is 1. The van der Waals surface area contributed by atoms with Crippen molar-refractivity contribution in [3.63, 3.8) is 0 Å². The van der Waals surface area contributed by atoms with Crippen LogP contribution >= 0.6 is 0 Å². The molecule has 3 aromatic rings. The van der Waals surface area contributed by atoms with E-state index in [-0.39, 0.29) is 0 Å². The molecule has 5 nitrogen and oxygen atoms in total. The average molecular weight is 265 g/mol. The zero-order valence-corrected chi connectivity index (χ0v) is 10.5. The van der Waals surface area contributed by atoms with Crippen LogP contribution in [0.15, 0.2) is 73.8 Å². The van der Waals surface area contributed by atoms with Crippen molar-refractivity contribution in [2.75, 3.05) is 0 Å². The van der Waals surface area contributed by atoms with Crippen molar-refractivity contribution in [1.29, 1.82) is 0 Å². The van der Waals surface area contributed by atoms with E-state index in [1.807, 2.05) is 18.2 Å². The molecule has 5 heteroatoms. The Morgan fingerprint density at radius 1 is 0.750 bits per heavy atom. The van der Waals surface area contributed by atoms with Gasteiger partial charge in [0.25, 0.3) is 0 Å². The predicted molar refractivity (Wildman–Crippen MR) is 76.2 cm³/mol. The van der Waals surface area contributed by atoms with Gasteiger partial charge in [-0.25, -0.2) is 15.0 Å². The highest BCUT2D eigenvalue weighted by atomic mass is 16.3. The van der Waals surface area contributed by atoms with Crippen molar-refractivity contribution in [1.82, 2.24) is 4.98 Å². The number of nitrogens with zero attached hydrogens (tertiary/aromatic N) is 3. The molecule has 0 N–H and O–H groups in total. The number of hydrogen-bond donors (Lipinski definition) is 0. The summed E-state index contributed by atoms with van der Waals surface area (Å²) in [6.07, 6.45) is 6.42. The lowest BCUT2D eigenvalue weighted by atomic mass is 10.4. The molecule has 0 aliphatic carbocycles. The van der Waals surface area contributed by atoms with Crippen LogP contribution in [0.5, 0.6) is 0 Å². The van der Waals surface area contributed by atoms with E-state index in [1.165, 1.54) is 0 Å². The summed E-state index contributed by atoms with van der Waals surface area (Å²) < 4.78 is 10.3.